The predicted molar refractivity (Wildman–Crippen MR) is 106 cm³/mol. The lowest BCUT2D eigenvalue weighted by Crippen LogP contribution is -2.42. The molecule has 1 aromatic carbocycles. The van der Waals surface area contributed by atoms with Crippen LogP contribution in [0.1, 0.15) is 44.6 Å². The lowest BCUT2D eigenvalue weighted by molar-refractivity contribution is -0.123. The Morgan fingerprint density at radius 2 is 2.12 bits per heavy atom. The van der Waals surface area contributed by atoms with Crippen LogP contribution in [0.2, 0.25) is 5.02 Å². The van der Waals surface area contributed by atoms with Crippen molar-refractivity contribution in [1.82, 2.24) is 10.6 Å². The molecule has 0 radical (unpaired) electrons. The van der Waals surface area contributed by atoms with Crippen molar-refractivity contribution < 1.29 is 14.3 Å². The van der Waals surface area contributed by atoms with Gasteiger partial charge in [0.05, 0.1) is 24.8 Å². The third kappa shape index (κ3) is 4.76. The van der Waals surface area contributed by atoms with Crippen molar-refractivity contribution >= 4 is 29.9 Å². The van der Waals surface area contributed by atoms with E-state index in [1.165, 1.54) is 25.7 Å². The quantitative estimate of drug-likeness (QED) is 0.761. The first-order chi connectivity index (χ1) is 12.1. The number of benzene rings is 1. The minimum atomic E-state index is -0.0758. The SMILES string of the molecule is CCOc1c(Cl)cc(CNC(=O)C2CC3CCCCC3N2)cc1OC.Cl. The normalized spacial score (nSPS) is 24.3. The van der Waals surface area contributed by atoms with Gasteiger partial charge >= 0.3 is 0 Å². The number of carbonyl (C=O) groups is 1. The van der Waals surface area contributed by atoms with Crippen LogP contribution in [0.25, 0.3) is 0 Å². The third-order valence-electron chi connectivity index (χ3n) is 5.22. The molecule has 1 saturated carbocycles. The summed E-state index contributed by atoms with van der Waals surface area (Å²) in [5, 5.41) is 7.03. The molecule has 146 valence electrons. The van der Waals surface area contributed by atoms with E-state index < -0.39 is 0 Å². The van der Waals surface area contributed by atoms with Gasteiger partial charge in [-0.3, -0.25) is 4.79 Å². The van der Waals surface area contributed by atoms with E-state index in [-0.39, 0.29) is 24.4 Å². The van der Waals surface area contributed by atoms with Crippen molar-refractivity contribution in [3.05, 3.63) is 22.7 Å². The number of nitrogens with one attached hydrogen (secondary N) is 2. The number of ether oxygens (including phenoxy) is 2. The number of halogens is 2. The van der Waals surface area contributed by atoms with E-state index in [4.69, 9.17) is 21.1 Å². The summed E-state index contributed by atoms with van der Waals surface area (Å²) >= 11 is 6.29. The highest BCUT2D eigenvalue weighted by Crippen LogP contribution is 2.36. The molecule has 7 heteroatoms. The Balaban J connectivity index is 0.00000243. The molecular weight excluding hydrogens is 375 g/mol. The molecule has 3 atom stereocenters. The van der Waals surface area contributed by atoms with Crippen LogP contribution in [0.3, 0.4) is 0 Å². The molecule has 3 rings (SSSR count). The summed E-state index contributed by atoms with van der Waals surface area (Å²) in [6.45, 7) is 2.84. The molecule has 1 heterocycles. The summed E-state index contributed by atoms with van der Waals surface area (Å²) in [5.41, 5.74) is 0.897. The molecule has 1 aliphatic carbocycles. The number of hydrogen-bond acceptors (Lipinski definition) is 4. The number of hydrogen-bond donors (Lipinski definition) is 2. The Morgan fingerprint density at radius 3 is 2.81 bits per heavy atom. The van der Waals surface area contributed by atoms with Gasteiger partial charge in [0.15, 0.2) is 11.5 Å². The van der Waals surface area contributed by atoms with E-state index >= 15 is 0 Å². The molecule has 2 N–H and O–H groups in total. The molecule has 1 saturated heterocycles. The van der Waals surface area contributed by atoms with Crippen molar-refractivity contribution in [2.24, 2.45) is 5.92 Å². The van der Waals surface area contributed by atoms with Crippen LogP contribution in [0.4, 0.5) is 0 Å². The summed E-state index contributed by atoms with van der Waals surface area (Å²) in [5.74, 6) is 1.86. The monoisotopic (exact) mass is 402 g/mol. The predicted octanol–water partition coefficient (Wildman–Crippen LogP) is 3.71. The maximum absolute atomic E-state index is 12.5. The summed E-state index contributed by atoms with van der Waals surface area (Å²) < 4.78 is 10.9. The molecule has 2 fully saturated rings. The Morgan fingerprint density at radius 1 is 1.35 bits per heavy atom. The fraction of sp³-hybridized carbons (Fsp3) is 0.632. The number of amides is 1. The number of rotatable bonds is 6. The largest absolute Gasteiger partial charge is 0.493 e. The van der Waals surface area contributed by atoms with Gasteiger partial charge in [0.25, 0.3) is 0 Å². The van der Waals surface area contributed by atoms with Gasteiger partial charge in [0, 0.05) is 12.6 Å². The van der Waals surface area contributed by atoms with E-state index in [2.05, 4.69) is 10.6 Å². The van der Waals surface area contributed by atoms with E-state index in [0.29, 0.717) is 41.6 Å². The minimum Gasteiger partial charge on any atom is -0.493 e. The molecule has 26 heavy (non-hydrogen) atoms. The maximum atomic E-state index is 12.5. The number of fused-ring (bicyclic) bond motifs is 1. The highest BCUT2D eigenvalue weighted by Gasteiger charge is 2.38. The van der Waals surface area contributed by atoms with Gasteiger partial charge in [-0.05, 0) is 49.8 Å². The molecule has 5 nitrogen and oxygen atoms in total. The highest BCUT2D eigenvalue weighted by molar-refractivity contribution is 6.32. The van der Waals surface area contributed by atoms with Gasteiger partial charge in [-0.2, -0.15) is 0 Å². The van der Waals surface area contributed by atoms with Crippen molar-refractivity contribution in [2.45, 2.75) is 57.7 Å². The Kier molecular flexibility index (Phi) is 7.86. The Labute approximate surface area is 166 Å². The highest BCUT2D eigenvalue weighted by atomic mass is 35.5. The van der Waals surface area contributed by atoms with Crippen LogP contribution in [0.5, 0.6) is 11.5 Å². The summed E-state index contributed by atoms with van der Waals surface area (Å²) in [7, 11) is 1.58. The fourth-order valence-electron chi connectivity index (χ4n) is 3.99. The van der Waals surface area contributed by atoms with Crippen LogP contribution in [-0.2, 0) is 11.3 Å². The van der Waals surface area contributed by atoms with Crippen LogP contribution in [0, 0.1) is 5.92 Å². The zero-order chi connectivity index (χ0) is 17.8. The molecule has 3 unspecified atom stereocenters. The van der Waals surface area contributed by atoms with Crippen LogP contribution < -0.4 is 20.1 Å². The molecule has 0 bridgehead atoms. The van der Waals surface area contributed by atoms with Crippen molar-refractivity contribution in [3.8, 4) is 11.5 Å². The van der Waals surface area contributed by atoms with Crippen LogP contribution >= 0.6 is 24.0 Å². The van der Waals surface area contributed by atoms with E-state index in [9.17, 15) is 4.79 Å². The topological polar surface area (TPSA) is 59.6 Å². The minimum absolute atomic E-state index is 0. The summed E-state index contributed by atoms with van der Waals surface area (Å²) in [4.78, 5) is 12.5. The third-order valence-corrected chi connectivity index (χ3v) is 5.50. The molecule has 2 aliphatic rings. The zero-order valence-corrected chi connectivity index (χ0v) is 16.9. The summed E-state index contributed by atoms with van der Waals surface area (Å²) in [6, 6.07) is 4.12. The van der Waals surface area contributed by atoms with E-state index in [0.717, 1.165) is 12.0 Å². The number of carbonyl (C=O) groups excluding carboxylic acids is 1. The van der Waals surface area contributed by atoms with Gasteiger partial charge in [-0.25, -0.2) is 0 Å². The van der Waals surface area contributed by atoms with E-state index in [1.54, 1.807) is 7.11 Å². The first kappa shape index (κ1) is 21.1. The fourth-order valence-corrected chi connectivity index (χ4v) is 4.28. The van der Waals surface area contributed by atoms with Gasteiger partial charge in [-0.15, -0.1) is 12.4 Å². The molecule has 0 aromatic heterocycles. The number of methoxy groups -OCH3 is 1. The van der Waals surface area contributed by atoms with Crippen LogP contribution in [0.15, 0.2) is 12.1 Å². The molecule has 0 spiro atoms. The Hall–Kier alpha value is -1.17. The molecule has 1 aromatic rings. The van der Waals surface area contributed by atoms with Gasteiger partial charge in [-0.1, -0.05) is 24.4 Å². The van der Waals surface area contributed by atoms with E-state index in [1.807, 2.05) is 19.1 Å². The molecule has 1 amide bonds. The first-order valence-corrected chi connectivity index (χ1v) is 9.53. The average molecular weight is 403 g/mol. The van der Waals surface area contributed by atoms with Gasteiger partial charge in [0.2, 0.25) is 5.91 Å². The van der Waals surface area contributed by atoms with Crippen molar-refractivity contribution in [2.75, 3.05) is 13.7 Å². The second-order valence-electron chi connectivity index (χ2n) is 6.87. The molecular formula is C19H28Cl2N2O3. The van der Waals surface area contributed by atoms with Crippen LogP contribution in [-0.4, -0.2) is 31.7 Å². The lowest BCUT2D eigenvalue weighted by Gasteiger charge is -2.24. The lowest BCUT2D eigenvalue weighted by atomic mass is 9.85. The Bertz CT molecular complexity index is 613. The van der Waals surface area contributed by atoms with Crippen molar-refractivity contribution in [3.63, 3.8) is 0 Å². The zero-order valence-electron chi connectivity index (χ0n) is 15.3. The standard InChI is InChI=1S/C19H27ClN2O3.ClH/c1-3-25-18-14(20)8-12(9-17(18)24-2)11-21-19(23)16-10-13-6-4-5-7-15(13)22-16;/h8-9,13,15-16,22H,3-7,10-11H2,1-2H3,(H,21,23);1H. The molecule has 1 aliphatic heterocycles. The van der Waals surface area contributed by atoms with Gasteiger partial charge < -0.3 is 20.1 Å². The second kappa shape index (κ2) is 9.67. The van der Waals surface area contributed by atoms with Gasteiger partial charge in [0.1, 0.15) is 0 Å². The first-order valence-electron chi connectivity index (χ1n) is 9.15. The summed E-state index contributed by atoms with van der Waals surface area (Å²) in [6.07, 6.45) is 5.95. The second-order valence-corrected chi connectivity index (χ2v) is 7.27. The average Bonchev–Trinajstić information content (AvgIpc) is 3.05. The maximum Gasteiger partial charge on any atom is 0.237 e. The van der Waals surface area contributed by atoms with Crippen molar-refractivity contribution in [1.29, 1.82) is 0 Å². The smallest absolute Gasteiger partial charge is 0.237 e.